The number of benzene rings is 2. The Morgan fingerprint density at radius 2 is 1.62 bits per heavy atom. The second-order valence-electron chi connectivity index (χ2n) is 5.11. The summed E-state index contributed by atoms with van der Waals surface area (Å²) in [5.74, 6) is -0.654. The van der Waals surface area contributed by atoms with Gasteiger partial charge in [0.15, 0.2) is 0 Å². The fourth-order valence-corrected chi connectivity index (χ4v) is 4.67. The summed E-state index contributed by atoms with van der Waals surface area (Å²) in [5.41, 5.74) is -0.302. The van der Waals surface area contributed by atoms with Gasteiger partial charge in [0.25, 0.3) is 11.1 Å². The Morgan fingerprint density at radius 1 is 1.04 bits per heavy atom. The Morgan fingerprint density at radius 3 is 2.25 bits per heavy atom. The Bertz CT molecular complexity index is 799. The summed E-state index contributed by atoms with van der Waals surface area (Å²) >= 11 is 0.597. The van der Waals surface area contributed by atoms with E-state index >= 15 is 0 Å². The lowest BCUT2D eigenvalue weighted by Crippen LogP contribution is -2.32. The summed E-state index contributed by atoms with van der Waals surface area (Å²) in [6, 6.07) is 17.0. The van der Waals surface area contributed by atoms with Crippen molar-refractivity contribution in [2.75, 3.05) is 4.90 Å². The number of anilines is 1. The number of carbonyl (C=O) groups excluding carboxylic acids is 2. The van der Waals surface area contributed by atoms with Gasteiger partial charge in [-0.2, -0.15) is 0 Å². The number of imide groups is 1. The van der Waals surface area contributed by atoms with Gasteiger partial charge in [-0.3, -0.25) is 18.7 Å². The van der Waals surface area contributed by atoms with Crippen molar-refractivity contribution in [3.05, 3.63) is 66.2 Å². The van der Waals surface area contributed by atoms with Gasteiger partial charge in [-0.25, -0.2) is 4.90 Å². The molecule has 0 spiro atoms. The third kappa shape index (κ3) is 3.76. The first kappa shape index (κ1) is 16.9. The molecular weight excluding hydrogens is 349 g/mol. The van der Waals surface area contributed by atoms with Crippen molar-refractivity contribution in [1.82, 2.24) is 0 Å². The van der Waals surface area contributed by atoms with Crippen molar-refractivity contribution in [3.8, 4) is 0 Å². The lowest BCUT2D eigenvalue weighted by Gasteiger charge is -2.16. The van der Waals surface area contributed by atoms with Crippen LogP contribution in [0.2, 0.25) is 0 Å². The molecule has 2 aromatic rings. The maximum absolute atomic E-state index is 12.4. The van der Waals surface area contributed by atoms with Crippen LogP contribution in [-0.4, -0.2) is 21.5 Å². The molecule has 2 atom stereocenters. The number of nitrogens with zero attached hydrogens (tertiary/aromatic N) is 1. The van der Waals surface area contributed by atoms with E-state index in [4.69, 9.17) is 4.52 Å². The van der Waals surface area contributed by atoms with Crippen molar-refractivity contribution in [1.29, 1.82) is 0 Å². The predicted octanol–water partition coefficient (Wildman–Crippen LogP) is 3.61. The van der Waals surface area contributed by atoms with Gasteiger partial charge >= 0.3 is 7.60 Å². The molecule has 0 saturated carbocycles. The standard InChI is InChI=1S/C16H14NO5PS/c18-14-15(22-23(20,21)11-12-7-3-1-4-8-12)24-16(19)17(14)13-9-5-2-6-10-13/h1-10,15H,11H2,(H,20,21). The molecule has 3 rings (SSSR count). The second-order valence-corrected chi connectivity index (χ2v) is 7.93. The van der Waals surface area contributed by atoms with Gasteiger partial charge in [0, 0.05) is 0 Å². The molecule has 2 aromatic carbocycles. The molecule has 124 valence electrons. The second kappa shape index (κ2) is 6.91. The summed E-state index contributed by atoms with van der Waals surface area (Å²) in [6.45, 7) is 0. The van der Waals surface area contributed by atoms with E-state index in [0.29, 0.717) is 23.0 Å². The van der Waals surface area contributed by atoms with Crippen LogP contribution >= 0.6 is 19.4 Å². The van der Waals surface area contributed by atoms with Crippen molar-refractivity contribution >= 4 is 36.2 Å². The van der Waals surface area contributed by atoms with Crippen LogP contribution in [0.3, 0.4) is 0 Å². The number of hydrogen-bond donors (Lipinski definition) is 1. The van der Waals surface area contributed by atoms with Crippen LogP contribution in [0.1, 0.15) is 5.56 Å². The topological polar surface area (TPSA) is 83.9 Å². The molecule has 1 saturated heterocycles. The molecule has 6 nitrogen and oxygen atoms in total. The molecule has 1 heterocycles. The number of rotatable bonds is 5. The Hall–Kier alpha value is -1.92. The largest absolute Gasteiger partial charge is 0.334 e. The molecule has 0 aromatic heterocycles. The first-order chi connectivity index (χ1) is 11.5. The van der Waals surface area contributed by atoms with E-state index < -0.39 is 24.2 Å². The molecule has 24 heavy (non-hydrogen) atoms. The average Bonchev–Trinajstić information content (AvgIpc) is 2.82. The minimum atomic E-state index is -4.07. The lowest BCUT2D eigenvalue weighted by molar-refractivity contribution is -0.120. The van der Waals surface area contributed by atoms with Crippen molar-refractivity contribution in [3.63, 3.8) is 0 Å². The quantitative estimate of drug-likeness (QED) is 0.817. The fraction of sp³-hybridized carbons (Fsp3) is 0.125. The molecule has 0 bridgehead atoms. The van der Waals surface area contributed by atoms with Gasteiger partial charge in [0.2, 0.25) is 5.44 Å². The predicted molar refractivity (Wildman–Crippen MR) is 91.8 cm³/mol. The highest BCUT2D eigenvalue weighted by atomic mass is 32.2. The van der Waals surface area contributed by atoms with Crippen LogP contribution in [-0.2, 0) is 20.0 Å². The van der Waals surface area contributed by atoms with E-state index in [2.05, 4.69) is 0 Å². The van der Waals surface area contributed by atoms with Crippen molar-refractivity contribution < 1.29 is 23.6 Å². The van der Waals surface area contributed by atoms with E-state index in [9.17, 15) is 19.0 Å². The zero-order chi connectivity index (χ0) is 17.2. The summed E-state index contributed by atoms with van der Waals surface area (Å²) in [5, 5.41) is -0.532. The molecule has 1 aliphatic heterocycles. The van der Waals surface area contributed by atoms with Crippen LogP contribution in [0.4, 0.5) is 10.5 Å². The molecule has 1 N–H and O–H groups in total. The minimum absolute atomic E-state index is 0.224. The van der Waals surface area contributed by atoms with E-state index in [0.717, 1.165) is 4.90 Å². The smallest absolute Gasteiger partial charge is 0.324 e. The highest BCUT2D eigenvalue weighted by Crippen LogP contribution is 2.50. The van der Waals surface area contributed by atoms with Gasteiger partial charge < -0.3 is 4.89 Å². The van der Waals surface area contributed by atoms with E-state index in [-0.39, 0.29) is 6.16 Å². The van der Waals surface area contributed by atoms with Crippen LogP contribution < -0.4 is 4.90 Å². The van der Waals surface area contributed by atoms with Crippen LogP contribution in [0.5, 0.6) is 0 Å². The summed E-state index contributed by atoms with van der Waals surface area (Å²) in [7, 11) is -4.07. The monoisotopic (exact) mass is 363 g/mol. The Kier molecular flexibility index (Phi) is 4.87. The fourth-order valence-electron chi connectivity index (χ4n) is 2.27. The van der Waals surface area contributed by atoms with E-state index in [1.165, 1.54) is 0 Å². The molecule has 0 aliphatic carbocycles. The molecule has 2 amide bonds. The van der Waals surface area contributed by atoms with Gasteiger partial charge in [0.1, 0.15) is 0 Å². The molecule has 1 aliphatic rings. The van der Waals surface area contributed by atoms with Crippen molar-refractivity contribution in [2.45, 2.75) is 11.6 Å². The Balaban J connectivity index is 1.73. The maximum Gasteiger partial charge on any atom is 0.334 e. The third-order valence-electron chi connectivity index (χ3n) is 3.31. The van der Waals surface area contributed by atoms with Crippen LogP contribution in [0, 0.1) is 0 Å². The number of amides is 2. The Labute approximate surface area is 143 Å². The molecular formula is C16H14NO5PS. The van der Waals surface area contributed by atoms with E-state index in [1.807, 2.05) is 0 Å². The summed E-state index contributed by atoms with van der Waals surface area (Å²) < 4.78 is 17.4. The number of para-hydroxylation sites is 1. The highest BCUT2D eigenvalue weighted by Gasteiger charge is 2.44. The summed E-state index contributed by atoms with van der Waals surface area (Å²) in [6.07, 6.45) is -0.224. The molecule has 0 radical (unpaired) electrons. The number of thioether (sulfide) groups is 1. The van der Waals surface area contributed by atoms with Gasteiger partial charge in [-0.1, -0.05) is 48.5 Å². The highest BCUT2D eigenvalue weighted by molar-refractivity contribution is 8.15. The average molecular weight is 363 g/mol. The molecule has 2 unspecified atom stereocenters. The van der Waals surface area contributed by atoms with Gasteiger partial charge in [0.05, 0.1) is 11.8 Å². The minimum Gasteiger partial charge on any atom is -0.324 e. The summed E-state index contributed by atoms with van der Waals surface area (Å²) in [4.78, 5) is 35.4. The lowest BCUT2D eigenvalue weighted by atomic mass is 10.2. The zero-order valence-corrected chi connectivity index (χ0v) is 14.2. The van der Waals surface area contributed by atoms with Crippen LogP contribution in [0.25, 0.3) is 0 Å². The normalized spacial score (nSPS) is 20.2. The first-order valence-corrected chi connectivity index (χ1v) is 9.74. The van der Waals surface area contributed by atoms with Gasteiger partial charge in [-0.15, -0.1) is 0 Å². The third-order valence-corrected chi connectivity index (χ3v) is 5.66. The number of hydrogen-bond acceptors (Lipinski definition) is 5. The van der Waals surface area contributed by atoms with Crippen LogP contribution in [0.15, 0.2) is 60.7 Å². The molecule has 8 heteroatoms. The SMILES string of the molecule is O=C1SC(OP(=O)(O)Cc2ccccc2)C(=O)N1c1ccccc1. The van der Waals surface area contributed by atoms with Gasteiger partial charge in [-0.05, 0) is 29.5 Å². The van der Waals surface area contributed by atoms with Crippen molar-refractivity contribution in [2.24, 2.45) is 0 Å². The maximum atomic E-state index is 12.4. The molecule has 1 fully saturated rings. The first-order valence-electron chi connectivity index (χ1n) is 7.10. The zero-order valence-electron chi connectivity index (χ0n) is 12.4. The van der Waals surface area contributed by atoms with E-state index in [1.54, 1.807) is 60.7 Å². The number of carbonyl (C=O) groups is 2.